The maximum absolute atomic E-state index is 12.0. The van der Waals surface area contributed by atoms with E-state index in [2.05, 4.69) is 34.9 Å². The third-order valence-electron chi connectivity index (χ3n) is 5.87. The van der Waals surface area contributed by atoms with Gasteiger partial charge in [0.2, 0.25) is 0 Å². The van der Waals surface area contributed by atoms with Crippen molar-refractivity contribution < 1.29 is 13.2 Å². The van der Waals surface area contributed by atoms with Gasteiger partial charge in [0.1, 0.15) is 0 Å². The summed E-state index contributed by atoms with van der Waals surface area (Å²) in [5.74, 6) is 2.39. The Morgan fingerprint density at radius 2 is 1.92 bits per heavy atom. The highest BCUT2D eigenvalue weighted by Crippen LogP contribution is 2.59. The number of fused-ring (bicyclic) bond motifs is 3. The Hall–Kier alpha value is -1.56. The summed E-state index contributed by atoms with van der Waals surface area (Å²) in [6.45, 7) is 1.16. The second kappa shape index (κ2) is 6.06. The number of nitrogens with one attached hydrogen (secondary N) is 2. The molecule has 1 aromatic rings. The van der Waals surface area contributed by atoms with Crippen molar-refractivity contribution in [2.45, 2.75) is 25.2 Å². The zero-order valence-corrected chi connectivity index (χ0v) is 14.5. The highest BCUT2D eigenvalue weighted by atomic mass is 32.2. The Morgan fingerprint density at radius 3 is 2.71 bits per heavy atom. The lowest BCUT2D eigenvalue weighted by Gasteiger charge is -2.13. The molecule has 0 unspecified atom stereocenters. The minimum absolute atomic E-state index is 0.0659. The van der Waals surface area contributed by atoms with Crippen LogP contribution in [0.1, 0.15) is 29.9 Å². The molecule has 24 heavy (non-hydrogen) atoms. The van der Waals surface area contributed by atoms with Crippen LogP contribution in [0.25, 0.3) is 0 Å². The number of carbonyl (C=O) groups is 1. The SMILES string of the molecule is O=C(NC[C@@H]1CCS(=O)(=O)C1)NC[C@@H]1[C@H]2CCc3ccccc3[C@@H]21. The molecule has 130 valence electrons. The van der Waals surface area contributed by atoms with Gasteiger partial charge in [-0.25, -0.2) is 13.2 Å². The highest BCUT2D eigenvalue weighted by molar-refractivity contribution is 7.91. The molecule has 2 amide bonds. The van der Waals surface area contributed by atoms with Gasteiger partial charge in [0.25, 0.3) is 0 Å². The molecule has 2 N–H and O–H groups in total. The third kappa shape index (κ3) is 3.16. The average Bonchev–Trinajstić information content (AvgIpc) is 3.18. The van der Waals surface area contributed by atoms with Crippen molar-refractivity contribution in [2.75, 3.05) is 24.6 Å². The number of rotatable bonds is 4. The molecule has 1 aliphatic heterocycles. The second-order valence-electron chi connectivity index (χ2n) is 7.45. The Morgan fingerprint density at radius 1 is 1.12 bits per heavy atom. The van der Waals surface area contributed by atoms with Crippen LogP contribution in [0, 0.1) is 17.8 Å². The van der Waals surface area contributed by atoms with Crippen LogP contribution in [0.15, 0.2) is 24.3 Å². The summed E-state index contributed by atoms with van der Waals surface area (Å²) in [6.07, 6.45) is 3.03. The van der Waals surface area contributed by atoms with Crippen molar-refractivity contribution in [1.29, 1.82) is 0 Å². The maximum atomic E-state index is 12.0. The van der Waals surface area contributed by atoms with Crippen LogP contribution < -0.4 is 10.6 Å². The van der Waals surface area contributed by atoms with Crippen molar-refractivity contribution in [2.24, 2.45) is 17.8 Å². The molecule has 5 nitrogen and oxygen atoms in total. The lowest BCUT2D eigenvalue weighted by atomic mass is 9.92. The first kappa shape index (κ1) is 15.9. The fraction of sp³-hybridized carbons (Fsp3) is 0.611. The number of amides is 2. The summed E-state index contributed by atoms with van der Waals surface area (Å²) >= 11 is 0. The van der Waals surface area contributed by atoms with Crippen molar-refractivity contribution >= 4 is 15.9 Å². The van der Waals surface area contributed by atoms with E-state index in [1.165, 1.54) is 17.5 Å². The van der Waals surface area contributed by atoms with Gasteiger partial charge in [0.15, 0.2) is 9.84 Å². The van der Waals surface area contributed by atoms with Crippen LogP contribution in [0.3, 0.4) is 0 Å². The molecule has 3 aliphatic rings. The van der Waals surface area contributed by atoms with Gasteiger partial charge in [-0.2, -0.15) is 0 Å². The third-order valence-corrected chi connectivity index (χ3v) is 7.71. The minimum atomic E-state index is -2.87. The monoisotopic (exact) mass is 348 g/mol. The summed E-state index contributed by atoms with van der Waals surface area (Å²) < 4.78 is 22.9. The van der Waals surface area contributed by atoms with Crippen LogP contribution in [0.5, 0.6) is 0 Å². The molecule has 0 bridgehead atoms. The standard InChI is InChI=1S/C18H24N2O3S/c21-18(19-9-12-7-8-24(22,23)11-12)20-10-16-15-6-5-13-3-1-2-4-14(13)17(15)16/h1-4,12,15-17H,5-11H2,(H2,19,20,21)/t12-,15+,16+,17-/m0/s1. The van der Waals surface area contributed by atoms with E-state index in [0.717, 1.165) is 6.42 Å². The van der Waals surface area contributed by atoms with Crippen molar-refractivity contribution in [3.05, 3.63) is 35.4 Å². The van der Waals surface area contributed by atoms with Crippen LogP contribution in [0.2, 0.25) is 0 Å². The Bertz CT molecular complexity index is 746. The van der Waals surface area contributed by atoms with E-state index in [1.54, 1.807) is 0 Å². The van der Waals surface area contributed by atoms with Gasteiger partial charge in [-0.1, -0.05) is 24.3 Å². The number of hydrogen-bond acceptors (Lipinski definition) is 3. The van der Waals surface area contributed by atoms with Gasteiger partial charge in [0.05, 0.1) is 11.5 Å². The van der Waals surface area contributed by atoms with Crippen molar-refractivity contribution in [1.82, 2.24) is 10.6 Å². The Balaban J connectivity index is 1.23. The normalized spacial score (nSPS) is 32.5. The smallest absolute Gasteiger partial charge is 0.314 e. The van der Waals surface area contributed by atoms with E-state index in [9.17, 15) is 13.2 Å². The topological polar surface area (TPSA) is 75.3 Å². The van der Waals surface area contributed by atoms with E-state index in [4.69, 9.17) is 0 Å². The van der Waals surface area contributed by atoms with E-state index in [0.29, 0.717) is 37.3 Å². The van der Waals surface area contributed by atoms with Gasteiger partial charge in [0, 0.05) is 13.1 Å². The molecular weight excluding hydrogens is 324 g/mol. The van der Waals surface area contributed by atoms with Gasteiger partial charge in [-0.3, -0.25) is 0 Å². The molecule has 0 aromatic heterocycles. The number of urea groups is 1. The van der Waals surface area contributed by atoms with Gasteiger partial charge < -0.3 is 10.6 Å². The fourth-order valence-corrected chi connectivity index (χ4v) is 6.39. The van der Waals surface area contributed by atoms with Gasteiger partial charge >= 0.3 is 6.03 Å². The summed E-state index contributed by atoms with van der Waals surface area (Å²) in [4.78, 5) is 12.0. The van der Waals surface area contributed by atoms with E-state index >= 15 is 0 Å². The average molecular weight is 348 g/mol. The zero-order chi connectivity index (χ0) is 16.7. The number of benzene rings is 1. The molecule has 4 atom stereocenters. The predicted molar refractivity (Wildman–Crippen MR) is 92.6 cm³/mol. The molecule has 2 fully saturated rings. The molecular formula is C18H24N2O3S. The largest absolute Gasteiger partial charge is 0.338 e. The molecule has 1 aromatic carbocycles. The second-order valence-corrected chi connectivity index (χ2v) is 9.68. The summed E-state index contributed by atoms with van der Waals surface area (Å²) in [5.41, 5.74) is 2.94. The number of carbonyl (C=O) groups excluding carboxylic acids is 1. The van der Waals surface area contributed by atoms with Gasteiger partial charge in [-0.05, 0) is 54.1 Å². The van der Waals surface area contributed by atoms with Crippen LogP contribution in [0.4, 0.5) is 4.79 Å². The summed E-state index contributed by atoms with van der Waals surface area (Å²) in [6, 6.07) is 8.48. The fourth-order valence-electron chi connectivity index (χ4n) is 4.53. The van der Waals surface area contributed by atoms with Crippen molar-refractivity contribution in [3.8, 4) is 0 Å². The van der Waals surface area contributed by atoms with E-state index in [1.807, 2.05) is 0 Å². The molecule has 6 heteroatoms. The first-order valence-electron chi connectivity index (χ1n) is 8.83. The summed E-state index contributed by atoms with van der Waals surface area (Å²) in [5, 5.41) is 5.81. The molecule has 1 heterocycles. The first-order valence-corrected chi connectivity index (χ1v) is 10.7. The molecule has 1 saturated heterocycles. The zero-order valence-electron chi connectivity index (χ0n) is 13.7. The van der Waals surface area contributed by atoms with Crippen LogP contribution in [-0.4, -0.2) is 39.0 Å². The van der Waals surface area contributed by atoms with Crippen molar-refractivity contribution in [3.63, 3.8) is 0 Å². The predicted octanol–water partition coefficient (Wildman–Crippen LogP) is 1.70. The molecule has 4 rings (SSSR count). The molecule has 1 saturated carbocycles. The summed E-state index contributed by atoms with van der Waals surface area (Å²) in [7, 11) is -2.87. The lowest BCUT2D eigenvalue weighted by Crippen LogP contribution is -2.39. The highest BCUT2D eigenvalue weighted by Gasteiger charge is 2.52. The number of aryl methyl sites for hydroxylation is 1. The van der Waals surface area contributed by atoms with Crippen LogP contribution >= 0.6 is 0 Å². The quantitative estimate of drug-likeness (QED) is 0.869. The number of hydrogen-bond donors (Lipinski definition) is 2. The van der Waals surface area contributed by atoms with E-state index in [-0.39, 0.29) is 23.5 Å². The molecule has 0 spiro atoms. The first-order chi connectivity index (χ1) is 11.5. The molecule has 2 aliphatic carbocycles. The Kier molecular flexibility index (Phi) is 4.03. The van der Waals surface area contributed by atoms with Gasteiger partial charge in [-0.15, -0.1) is 0 Å². The molecule has 0 radical (unpaired) electrons. The Labute approximate surface area is 143 Å². The van der Waals surface area contributed by atoms with E-state index < -0.39 is 9.84 Å². The maximum Gasteiger partial charge on any atom is 0.314 e. The minimum Gasteiger partial charge on any atom is -0.338 e. The lowest BCUT2D eigenvalue weighted by molar-refractivity contribution is 0.238. The number of sulfone groups is 1. The van der Waals surface area contributed by atoms with Crippen LogP contribution in [-0.2, 0) is 16.3 Å².